The Balaban J connectivity index is 2.74. The van der Waals surface area contributed by atoms with Gasteiger partial charge in [-0.25, -0.2) is 0 Å². The summed E-state index contributed by atoms with van der Waals surface area (Å²) in [5, 5.41) is 19.9. The summed E-state index contributed by atoms with van der Waals surface area (Å²) in [4.78, 5) is 13.5. The number of hydrogen-bond donors (Lipinski definition) is 2. The van der Waals surface area contributed by atoms with Crippen LogP contribution in [-0.4, -0.2) is 46.3 Å². The molecule has 4 nitrogen and oxygen atoms in total. The summed E-state index contributed by atoms with van der Waals surface area (Å²) in [6, 6.07) is 0.247. The van der Waals surface area contributed by atoms with Crippen molar-refractivity contribution in [3.05, 3.63) is 0 Å². The molecule has 3 unspecified atom stereocenters. The van der Waals surface area contributed by atoms with Crippen LogP contribution in [-0.2, 0) is 4.79 Å². The maximum Gasteiger partial charge on any atom is 0.309 e. The second-order valence-corrected chi connectivity index (χ2v) is 5.42. The van der Waals surface area contributed by atoms with Crippen molar-refractivity contribution in [3.63, 3.8) is 0 Å². The molecule has 3 atom stereocenters. The average Bonchev–Trinajstić information content (AvgIpc) is 2.24. The molecule has 0 aromatic carbocycles. The molecule has 0 radical (unpaired) electrons. The van der Waals surface area contributed by atoms with Crippen molar-refractivity contribution in [2.45, 2.75) is 57.6 Å². The van der Waals surface area contributed by atoms with Crippen molar-refractivity contribution >= 4 is 5.97 Å². The smallest absolute Gasteiger partial charge is 0.309 e. The van der Waals surface area contributed by atoms with Gasteiger partial charge < -0.3 is 15.1 Å². The highest BCUT2D eigenvalue weighted by molar-refractivity contribution is 5.71. The zero-order chi connectivity index (χ0) is 13.1. The lowest BCUT2D eigenvalue weighted by Gasteiger charge is -2.44. The van der Waals surface area contributed by atoms with Crippen molar-refractivity contribution in [2.24, 2.45) is 5.92 Å². The lowest BCUT2D eigenvalue weighted by molar-refractivity contribution is -0.158. The molecule has 17 heavy (non-hydrogen) atoms. The Hall–Kier alpha value is -0.610. The van der Waals surface area contributed by atoms with E-state index in [0.717, 1.165) is 19.4 Å². The van der Waals surface area contributed by atoms with Gasteiger partial charge in [0, 0.05) is 12.6 Å². The van der Waals surface area contributed by atoms with E-state index in [1.807, 2.05) is 20.9 Å². The van der Waals surface area contributed by atoms with E-state index >= 15 is 0 Å². The third kappa shape index (κ3) is 3.42. The molecule has 2 N–H and O–H groups in total. The van der Waals surface area contributed by atoms with Crippen LogP contribution in [0.3, 0.4) is 0 Å². The van der Waals surface area contributed by atoms with Crippen molar-refractivity contribution < 1.29 is 15.0 Å². The van der Waals surface area contributed by atoms with E-state index in [9.17, 15) is 15.0 Å². The quantitative estimate of drug-likeness (QED) is 0.772. The third-order valence-electron chi connectivity index (χ3n) is 4.09. The van der Waals surface area contributed by atoms with Gasteiger partial charge in [0.2, 0.25) is 0 Å². The van der Waals surface area contributed by atoms with E-state index in [-0.39, 0.29) is 6.04 Å². The molecule has 0 bridgehead atoms. The van der Waals surface area contributed by atoms with Gasteiger partial charge in [-0.3, -0.25) is 4.79 Å². The van der Waals surface area contributed by atoms with Crippen molar-refractivity contribution in [3.8, 4) is 0 Å². The Bertz CT molecular complexity index is 269. The minimum Gasteiger partial charge on any atom is -0.481 e. The summed E-state index contributed by atoms with van der Waals surface area (Å²) in [6.45, 7) is 4.86. The van der Waals surface area contributed by atoms with Crippen LogP contribution in [0.25, 0.3) is 0 Å². The summed E-state index contributed by atoms with van der Waals surface area (Å²) in [6.07, 6.45) is 3.54. The Morgan fingerprint density at radius 2 is 2.24 bits per heavy atom. The molecular formula is C13H25NO3. The van der Waals surface area contributed by atoms with Gasteiger partial charge in [0.25, 0.3) is 0 Å². The first-order valence-electron chi connectivity index (χ1n) is 6.56. The van der Waals surface area contributed by atoms with E-state index in [0.29, 0.717) is 19.3 Å². The fourth-order valence-corrected chi connectivity index (χ4v) is 2.71. The topological polar surface area (TPSA) is 60.8 Å². The molecule has 4 heteroatoms. The number of carboxylic acid groups (broad SMARTS) is 1. The van der Waals surface area contributed by atoms with Gasteiger partial charge in [0.05, 0.1) is 11.5 Å². The normalized spacial score (nSPS) is 32.4. The van der Waals surface area contributed by atoms with Gasteiger partial charge in [0.15, 0.2) is 0 Å². The second-order valence-electron chi connectivity index (χ2n) is 5.42. The molecule has 0 aromatic rings. The van der Waals surface area contributed by atoms with Crippen LogP contribution in [0.1, 0.15) is 46.0 Å². The number of aliphatic hydroxyl groups is 1. The molecule has 1 heterocycles. The number of unbranched alkanes of at least 4 members (excludes halogenated alkanes) is 1. The summed E-state index contributed by atoms with van der Waals surface area (Å²) in [5.74, 6) is -1.46. The minimum absolute atomic E-state index is 0.247. The summed E-state index contributed by atoms with van der Waals surface area (Å²) < 4.78 is 0. The summed E-state index contributed by atoms with van der Waals surface area (Å²) >= 11 is 0. The lowest BCUT2D eigenvalue weighted by Crippen LogP contribution is -2.53. The maximum atomic E-state index is 11.3. The van der Waals surface area contributed by atoms with Crippen LogP contribution in [0, 0.1) is 5.92 Å². The first-order valence-corrected chi connectivity index (χ1v) is 6.56. The highest BCUT2D eigenvalue weighted by Gasteiger charge is 2.44. The van der Waals surface area contributed by atoms with E-state index in [1.165, 1.54) is 0 Å². The van der Waals surface area contributed by atoms with Crippen LogP contribution in [0.15, 0.2) is 0 Å². The Kier molecular flexibility index (Phi) is 4.95. The maximum absolute atomic E-state index is 11.3. The zero-order valence-electron chi connectivity index (χ0n) is 11.1. The van der Waals surface area contributed by atoms with Gasteiger partial charge in [-0.2, -0.15) is 0 Å². The minimum atomic E-state index is -1.02. The lowest BCUT2D eigenvalue weighted by atomic mass is 9.75. The number of carbonyl (C=O) groups is 1. The first kappa shape index (κ1) is 14.5. The monoisotopic (exact) mass is 243 g/mol. The predicted octanol–water partition coefficient (Wildman–Crippen LogP) is 1.72. The van der Waals surface area contributed by atoms with E-state index in [4.69, 9.17) is 0 Å². The molecule has 1 fully saturated rings. The molecule has 1 aliphatic heterocycles. The van der Waals surface area contributed by atoms with Gasteiger partial charge >= 0.3 is 5.97 Å². The van der Waals surface area contributed by atoms with Crippen molar-refractivity contribution in [1.82, 2.24) is 4.90 Å². The second kappa shape index (κ2) is 5.83. The molecule has 0 saturated carbocycles. The predicted molar refractivity (Wildman–Crippen MR) is 66.9 cm³/mol. The molecule has 0 spiro atoms. The van der Waals surface area contributed by atoms with Gasteiger partial charge in [0.1, 0.15) is 0 Å². The molecule has 0 aromatic heterocycles. The van der Waals surface area contributed by atoms with Gasteiger partial charge in [-0.1, -0.05) is 19.8 Å². The average molecular weight is 243 g/mol. The van der Waals surface area contributed by atoms with E-state index < -0.39 is 17.5 Å². The van der Waals surface area contributed by atoms with E-state index in [2.05, 4.69) is 4.90 Å². The molecule has 0 amide bonds. The fraction of sp³-hybridized carbons (Fsp3) is 0.923. The summed E-state index contributed by atoms with van der Waals surface area (Å²) in [7, 11) is 2.02. The third-order valence-corrected chi connectivity index (χ3v) is 4.09. The Morgan fingerprint density at radius 1 is 1.59 bits per heavy atom. The molecule has 1 saturated heterocycles. The van der Waals surface area contributed by atoms with Crippen LogP contribution >= 0.6 is 0 Å². The molecule has 0 aliphatic carbocycles. The van der Waals surface area contributed by atoms with E-state index in [1.54, 1.807) is 0 Å². The molecule has 1 rings (SSSR count). The number of likely N-dealkylation sites (tertiary alicyclic amines) is 1. The Labute approximate surface area is 104 Å². The summed E-state index contributed by atoms with van der Waals surface area (Å²) in [5.41, 5.74) is -1.02. The van der Waals surface area contributed by atoms with Crippen LogP contribution in [0.5, 0.6) is 0 Å². The number of aliphatic carboxylic acids is 1. The van der Waals surface area contributed by atoms with Crippen LogP contribution in [0.4, 0.5) is 0 Å². The van der Waals surface area contributed by atoms with Crippen molar-refractivity contribution in [1.29, 1.82) is 0 Å². The number of piperidine rings is 1. The number of nitrogens with zero attached hydrogens (tertiary/aromatic N) is 1. The number of carboxylic acids is 1. The zero-order valence-corrected chi connectivity index (χ0v) is 11.1. The van der Waals surface area contributed by atoms with Gasteiger partial charge in [-0.05, 0) is 33.2 Å². The molecular weight excluding hydrogens is 218 g/mol. The highest BCUT2D eigenvalue weighted by atomic mass is 16.4. The fourth-order valence-electron chi connectivity index (χ4n) is 2.71. The van der Waals surface area contributed by atoms with Crippen LogP contribution < -0.4 is 0 Å². The van der Waals surface area contributed by atoms with Gasteiger partial charge in [-0.15, -0.1) is 0 Å². The molecule has 100 valence electrons. The van der Waals surface area contributed by atoms with Crippen molar-refractivity contribution in [2.75, 3.05) is 13.6 Å². The number of rotatable bonds is 5. The first-order chi connectivity index (χ1) is 7.90. The standard InChI is InChI=1S/C13H25NO3/c1-4-5-6-11(12(15)16)13(17)7-8-14(3)10(2)9-13/h10-11,17H,4-9H2,1-3H3,(H,15,16). The van der Waals surface area contributed by atoms with Crippen LogP contribution in [0.2, 0.25) is 0 Å². The SMILES string of the molecule is CCCCC(C(=O)O)C1(O)CCN(C)C(C)C1. The molecule has 1 aliphatic rings. The Morgan fingerprint density at radius 3 is 2.71 bits per heavy atom. The highest BCUT2D eigenvalue weighted by Crippen LogP contribution is 2.35. The largest absolute Gasteiger partial charge is 0.481 e. The number of hydrogen-bond acceptors (Lipinski definition) is 3.